The standard InChI is InChI=1S/C10H15N3O4S/c1-6-9(5-11-12-6)18(16,17)13-4-3-8(7(13)2)10(14)15/h5,7-8H,3-4H2,1-2H3,(H,11,12)(H,14,15). The van der Waals surface area contributed by atoms with Crippen LogP contribution in [0.5, 0.6) is 0 Å². The summed E-state index contributed by atoms with van der Waals surface area (Å²) < 4.78 is 26.0. The molecule has 1 aromatic heterocycles. The molecule has 0 spiro atoms. The molecule has 1 aliphatic rings. The molecule has 0 bridgehead atoms. The molecule has 1 saturated heterocycles. The molecular weight excluding hydrogens is 258 g/mol. The third-order valence-corrected chi connectivity index (χ3v) is 5.48. The highest BCUT2D eigenvalue weighted by atomic mass is 32.2. The molecule has 18 heavy (non-hydrogen) atoms. The average Bonchev–Trinajstić information content (AvgIpc) is 2.84. The molecular formula is C10H15N3O4S. The Hall–Kier alpha value is -1.41. The topological polar surface area (TPSA) is 103 Å². The van der Waals surface area contributed by atoms with Gasteiger partial charge in [-0.15, -0.1) is 0 Å². The summed E-state index contributed by atoms with van der Waals surface area (Å²) in [5.41, 5.74) is 0.459. The summed E-state index contributed by atoms with van der Waals surface area (Å²) in [5.74, 6) is -1.60. The van der Waals surface area contributed by atoms with E-state index in [4.69, 9.17) is 5.11 Å². The maximum Gasteiger partial charge on any atom is 0.308 e. The van der Waals surface area contributed by atoms with Gasteiger partial charge in [-0.3, -0.25) is 9.89 Å². The summed E-state index contributed by atoms with van der Waals surface area (Å²) in [7, 11) is -3.67. The van der Waals surface area contributed by atoms with Crippen molar-refractivity contribution in [1.82, 2.24) is 14.5 Å². The van der Waals surface area contributed by atoms with E-state index in [1.54, 1.807) is 13.8 Å². The van der Waals surface area contributed by atoms with Crippen molar-refractivity contribution in [2.45, 2.75) is 31.2 Å². The molecule has 2 rings (SSSR count). The number of rotatable bonds is 3. The second kappa shape index (κ2) is 4.36. The van der Waals surface area contributed by atoms with Crippen molar-refractivity contribution in [1.29, 1.82) is 0 Å². The van der Waals surface area contributed by atoms with Crippen molar-refractivity contribution in [3.63, 3.8) is 0 Å². The van der Waals surface area contributed by atoms with Crippen LogP contribution >= 0.6 is 0 Å². The van der Waals surface area contributed by atoms with E-state index in [0.717, 1.165) is 0 Å². The zero-order chi connectivity index (χ0) is 13.5. The normalized spacial score (nSPS) is 25.4. The van der Waals surface area contributed by atoms with Crippen LogP contribution in [0.4, 0.5) is 0 Å². The van der Waals surface area contributed by atoms with Crippen LogP contribution in [0, 0.1) is 12.8 Å². The van der Waals surface area contributed by atoms with Gasteiger partial charge in [0.25, 0.3) is 0 Å². The molecule has 0 radical (unpaired) electrons. The number of aryl methyl sites for hydroxylation is 1. The number of H-pyrrole nitrogens is 1. The van der Waals surface area contributed by atoms with E-state index in [9.17, 15) is 13.2 Å². The summed E-state index contributed by atoms with van der Waals surface area (Å²) in [6, 6.07) is -0.540. The Bertz CT molecular complexity index is 565. The van der Waals surface area contributed by atoms with Crippen LogP contribution in [-0.2, 0) is 14.8 Å². The minimum absolute atomic E-state index is 0.111. The predicted octanol–water partition coefficient (Wildman–Crippen LogP) is 0.202. The third kappa shape index (κ3) is 1.91. The fraction of sp³-hybridized carbons (Fsp3) is 0.600. The molecule has 100 valence electrons. The molecule has 7 nitrogen and oxygen atoms in total. The lowest BCUT2D eigenvalue weighted by molar-refractivity contribution is -0.142. The van der Waals surface area contributed by atoms with Gasteiger partial charge in [0.05, 0.1) is 17.8 Å². The fourth-order valence-electron chi connectivity index (χ4n) is 2.31. The van der Waals surface area contributed by atoms with Gasteiger partial charge in [-0.1, -0.05) is 0 Å². The van der Waals surface area contributed by atoms with Gasteiger partial charge in [0, 0.05) is 12.6 Å². The molecule has 0 aromatic carbocycles. The zero-order valence-corrected chi connectivity index (χ0v) is 10.9. The predicted molar refractivity (Wildman–Crippen MR) is 62.4 cm³/mol. The van der Waals surface area contributed by atoms with Crippen LogP contribution < -0.4 is 0 Å². The molecule has 1 aromatic rings. The maximum absolute atomic E-state index is 12.4. The number of aliphatic carboxylic acids is 1. The highest BCUT2D eigenvalue weighted by Gasteiger charge is 2.42. The first-order valence-electron chi connectivity index (χ1n) is 5.60. The summed E-state index contributed by atoms with van der Waals surface area (Å²) in [6.45, 7) is 3.47. The van der Waals surface area contributed by atoms with E-state index in [1.165, 1.54) is 10.5 Å². The largest absolute Gasteiger partial charge is 0.481 e. The number of carbonyl (C=O) groups is 1. The molecule has 2 N–H and O–H groups in total. The van der Waals surface area contributed by atoms with E-state index in [2.05, 4.69) is 10.2 Å². The van der Waals surface area contributed by atoms with Crippen LogP contribution in [0.2, 0.25) is 0 Å². The van der Waals surface area contributed by atoms with E-state index in [1.807, 2.05) is 0 Å². The number of sulfonamides is 1. The lowest BCUT2D eigenvalue weighted by Crippen LogP contribution is -2.37. The van der Waals surface area contributed by atoms with Crippen molar-refractivity contribution >= 4 is 16.0 Å². The Morgan fingerprint density at radius 2 is 2.28 bits per heavy atom. The SMILES string of the molecule is Cc1[nH]ncc1S(=O)(=O)N1CCC(C(=O)O)C1C. The van der Waals surface area contributed by atoms with Gasteiger partial charge in [0.2, 0.25) is 10.0 Å². The summed E-state index contributed by atoms with van der Waals surface area (Å²) in [4.78, 5) is 11.1. The Labute approximate surface area is 105 Å². The summed E-state index contributed by atoms with van der Waals surface area (Å²) in [6.07, 6.45) is 1.60. The Morgan fingerprint density at radius 1 is 1.61 bits per heavy atom. The van der Waals surface area contributed by atoms with Crippen molar-refractivity contribution in [2.75, 3.05) is 6.54 Å². The van der Waals surface area contributed by atoms with Gasteiger partial charge in [-0.2, -0.15) is 9.40 Å². The second-order valence-electron chi connectivity index (χ2n) is 4.45. The molecule has 0 amide bonds. The quantitative estimate of drug-likeness (QED) is 0.819. The molecule has 8 heteroatoms. The number of aromatic nitrogens is 2. The fourth-order valence-corrected chi connectivity index (χ4v) is 4.11. The number of aromatic amines is 1. The zero-order valence-electron chi connectivity index (χ0n) is 10.1. The van der Waals surface area contributed by atoms with Crippen LogP contribution in [0.15, 0.2) is 11.1 Å². The Morgan fingerprint density at radius 3 is 2.72 bits per heavy atom. The first-order chi connectivity index (χ1) is 8.35. The first-order valence-corrected chi connectivity index (χ1v) is 7.04. The van der Waals surface area contributed by atoms with Gasteiger partial charge in [0.15, 0.2) is 0 Å². The van der Waals surface area contributed by atoms with Crippen molar-refractivity contribution < 1.29 is 18.3 Å². The van der Waals surface area contributed by atoms with Gasteiger partial charge >= 0.3 is 5.97 Å². The van der Waals surface area contributed by atoms with Crippen molar-refractivity contribution in [2.24, 2.45) is 5.92 Å². The van der Waals surface area contributed by atoms with Crippen molar-refractivity contribution in [3.05, 3.63) is 11.9 Å². The van der Waals surface area contributed by atoms with Crippen molar-refractivity contribution in [3.8, 4) is 0 Å². The first kappa shape index (κ1) is 13.0. The monoisotopic (exact) mass is 273 g/mol. The molecule has 2 unspecified atom stereocenters. The summed E-state index contributed by atoms with van der Waals surface area (Å²) in [5, 5.41) is 15.3. The average molecular weight is 273 g/mol. The molecule has 2 heterocycles. The van der Waals surface area contributed by atoms with Crippen LogP contribution in [0.1, 0.15) is 19.0 Å². The third-order valence-electron chi connectivity index (χ3n) is 3.38. The molecule has 1 fully saturated rings. The molecule has 0 aliphatic carbocycles. The van der Waals surface area contributed by atoms with Crippen LogP contribution in [0.3, 0.4) is 0 Å². The van der Waals surface area contributed by atoms with E-state index in [0.29, 0.717) is 12.1 Å². The van der Waals surface area contributed by atoms with Gasteiger partial charge in [0.1, 0.15) is 4.90 Å². The van der Waals surface area contributed by atoms with E-state index in [-0.39, 0.29) is 11.4 Å². The lowest BCUT2D eigenvalue weighted by atomic mass is 10.0. The van der Waals surface area contributed by atoms with E-state index < -0.39 is 28.0 Å². The Kier molecular flexibility index (Phi) is 3.16. The number of carboxylic acids is 1. The van der Waals surface area contributed by atoms with E-state index >= 15 is 0 Å². The second-order valence-corrected chi connectivity index (χ2v) is 6.31. The lowest BCUT2D eigenvalue weighted by Gasteiger charge is -2.22. The number of hydrogen-bond acceptors (Lipinski definition) is 4. The number of hydrogen-bond donors (Lipinski definition) is 2. The summed E-state index contributed by atoms with van der Waals surface area (Å²) >= 11 is 0. The van der Waals surface area contributed by atoms with Crippen LogP contribution in [0.25, 0.3) is 0 Å². The Balaban J connectivity index is 2.34. The minimum Gasteiger partial charge on any atom is -0.481 e. The highest BCUT2D eigenvalue weighted by molar-refractivity contribution is 7.89. The molecule has 0 saturated carbocycles. The maximum atomic E-state index is 12.4. The molecule has 2 atom stereocenters. The molecule has 1 aliphatic heterocycles. The minimum atomic E-state index is -3.67. The smallest absolute Gasteiger partial charge is 0.308 e. The number of carboxylic acid groups (broad SMARTS) is 1. The van der Waals surface area contributed by atoms with Gasteiger partial charge in [-0.25, -0.2) is 8.42 Å². The highest BCUT2D eigenvalue weighted by Crippen LogP contribution is 2.30. The number of nitrogens with one attached hydrogen (secondary N) is 1. The van der Waals surface area contributed by atoms with Crippen LogP contribution in [-0.4, -0.2) is 46.6 Å². The van der Waals surface area contributed by atoms with Gasteiger partial charge < -0.3 is 5.11 Å². The van der Waals surface area contributed by atoms with Gasteiger partial charge in [-0.05, 0) is 20.3 Å². The number of nitrogens with zero attached hydrogens (tertiary/aromatic N) is 2.